The summed E-state index contributed by atoms with van der Waals surface area (Å²) in [7, 11) is 3.04. The molecule has 4 rings (SSSR count). The number of nitrogens with zero attached hydrogens (tertiary/aromatic N) is 1. The van der Waals surface area contributed by atoms with Crippen LogP contribution in [0.5, 0.6) is 17.2 Å². The lowest BCUT2D eigenvalue weighted by atomic mass is 10.1. The molecule has 1 unspecified atom stereocenters. The molecule has 7 nitrogen and oxygen atoms in total. The van der Waals surface area contributed by atoms with Crippen molar-refractivity contribution in [3.63, 3.8) is 0 Å². The average molecular weight is 479 g/mol. The first-order valence-corrected chi connectivity index (χ1v) is 11.2. The minimum Gasteiger partial charge on any atom is -0.497 e. The smallest absolute Gasteiger partial charge is 0.263 e. The number of fused-ring (bicyclic) bond motifs is 1. The zero-order chi connectivity index (χ0) is 24.9. The van der Waals surface area contributed by atoms with Crippen LogP contribution in [0, 0.1) is 5.82 Å². The minimum absolute atomic E-state index is 0.127. The summed E-state index contributed by atoms with van der Waals surface area (Å²) in [6.45, 7) is 2.50. The van der Waals surface area contributed by atoms with E-state index in [9.17, 15) is 14.0 Å². The molecule has 1 N–H and O–H groups in total. The van der Waals surface area contributed by atoms with Crippen molar-refractivity contribution in [3.05, 3.63) is 83.2 Å². The lowest BCUT2D eigenvalue weighted by Gasteiger charge is -2.22. The van der Waals surface area contributed by atoms with Gasteiger partial charge >= 0.3 is 0 Å². The molecule has 0 aromatic heterocycles. The predicted molar refractivity (Wildman–Crippen MR) is 130 cm³/mol. The summed E-state index contributed by atoms with van der Waals surface area (Å²) in [4.78, 5) is 27.5. The maximum absolute atomic E-state index is 13.2. The van der Waals surface area contributed by atoms with E-state index in [1.807, 2.05) is 0 Å². The molecule has 1 aliphatic rings. The molecule has 182 valence electrons. The van der Waals surface area contributed by atoms with E-state index in [-0.39, 0.29) is 17.6 Å². The van der Waals surface area contributed by atoms with Gasteiger partial charge in [-0.1, -0.05) is 12.1 Å². The van der Waals surface area contributed by atoms with Crippen molar-refractivity contribution in [1.29, 1.82) is 0 Å². The van der Waals surface area contributed by atoms with E-state index in [2.05, 4.69) is 5.32 Å². The van der Waals surface area contributed by atoms with E-state index in [0.29, 0.717) is 48.0 Å². The number of halogens is 1. The van der Waals surface area contributed by atoms with Gasteiger partial charge in [0.1, 0.15) is 23.1 Å². The number of hydrogen-bond acceptors (Lipinski definition) is 5. The van der Waals surface area contributed by atoms with Gasteiger partial charge in [-0.05, 0) is 61.4 Å². The zero-order valence-electron chi connectivity index (χ0n) is 19.8. The van der Waals surface area contributed by atoms with Gasteiger partial charge in [0, 0.05) is 36.0 Å². The summed E-state index contributed by atoms with van der Waals surface area (Å²) in [6.07, 6.45) is -0.0588. The van der Waals surface area contributed by atoms with Crippen LogP contribution in [0.4, 0.5) is 10.1 Å². The highest BCUT2D eigenvalue weighted by Gasteiger charge is 2.28. The van der Waals surface area contributed by atoms with E-state index in [1.165, 1.54) is 26.4 Å². The fraction of sp³-hybridized carbons (Fsp3) is 0.259. The molecule has 1 atom stereocenters. The highest BCUT2D eigenvalue weighted by atomic mass is 19.1. The van der Waals surface area contributed by atoms with E-state index < -0.39 is 6.10 Å². The molecule has 0 fully saturated rings. The van der Waals surface area contributed by atoms with Crippen LogP contribution in [0.15, 0.2) is 60.7 Å². The number of benzene rings is 3. The summed E-state index contributed by atoms with van der Waals surface area (Å²) < 4.78 is 29.6. The first kappa shape index (κ1) is 24.1. The molecule has 8 heteroatoms. The van der Waals surface area contributed by atoms with Gasteiger partial charge in [-0.2, -0.15) is 0 Å². The minimum atomic E-state index is -0.644. The van der Waals surface area contributed by atoms with Crippen molar-refractivity contribution >= 4 is 17.5 Å². The van der Waals surface area contributed by atoms with Crippen LogP contribution in [-0.4, -0.2) is 43.6 Å². The Balaban J connectivity index is 1.52. The van der Waals surface area contributed by atoms with E-state index in [4.69, 9.17) is 14.2 Å². The molecule has 0 spiro atoms. The highest BCUT2D eigenvalue weighted by Crippen LogP contribution is 2.29. The molecule has 0 saturated heterocycles. The van der Waals surface area contributed by atoms with Crippen LogP contribution >= 0.6 is 0 Å². The van der Waals surface area contributed by atoms with Gasteiger partial charge in [-0.15, -0.1) is 0 Å². The van der Waals surface area contributed by atoms with Crippen LogP contribution < -0.4 is 19.5 Å². The molecule has 35 heavy (non-hydrogen) atoms. The first-order valence-electron chi connectivity index (χ1n) is 11.2. The molecule has 2 amide bonds. The van der Waals surface area contributed by atoms with Crippen LogP contribution in [0.1, 0.15) is 28.4 Å². The van der Waals surface area contributed by atoms with E-state index in [1.54, 1.807) is 60.4 Å². The lowest BCUT2D eigenvalue weighted by molar-refractivity contribution is -0.137. The van der Waals surface area contributed by atoms with Gasteiger partial charge in [-0.25, -0.2) is 4.39 Å². The number of carbonyl (C=O) groups excluding carboxylic acids is 2. The monoisotopic (exact) mass is 478 g/mol. The van der Waals surface area contributed by atoms with Crippen LogP contribution in [-0.2, 0) is 17.8 Å². The highest BCUT2D eigenvalue weighted by molar-refractivity contribution is 6.05. The molecular formula is C27H27FN2O5. The molecule has 1 heterocycles. The number of nitrogens with one attached hydrogen (secondary N) is 1. The third kappa shape index (κ3) is 5.71. The second-order valence-electron chi connectivity index (χ2n) is 8.27. The quantitative estimate of drug-likeness (QED) is 0.543. The fourth-order valence-corrected chi connectivity index (χ4v) is 3.92. The number of anilines is 1. The molecule has 0 bridgehead atoms. The summed E-state index contributed by atoms with van der Waals surface area (Å²) in [5, 5.41) is 2.89. The normalized spacial score (nSPS) is 15.0. The van der Waals surface area contributed by atoms with Gasteiger partial charge in [0.2, 0.25) is 0 Å². The van der Waals surface area contributed by atoms with E-state index >= 15 is 0 Å². The zero-order valence-corrected chi connectivity index (χ0v) is 19.8. The number of ether oxygens (including phenoxy) is 3. The Hall–Kier alpha value is -4.07. The van der Waals surface area contributed by atoms with Crippen LogP contribution in [0.3, 0.4) is 0 Å². The van der Waals surface area contributed by atoms with Crippen LogP contribution in [0.25, 0.3) is 0 Å². The van der Waals surface area contributed by atoms with Gasteiger partial charge in [-0.3, -0.25) is 9.59 Å². The summed E-state index contributed by atoms with van der Waals surface area (Å²) in [5.41, 5.74) is 2.67. The van der Waals surface area contributed by atoms with Gasteiger partial charge in [0.05, 0.1) is 14.2 Å². The predicted octanol–water partition coefficient (Wildman–Crippen LogP) is 4.45. The van der Waals surface area contributed by atoms with Crippen LogP contribution in [0.2, 0.25) is 0 Å². The SMILES string of the molecule is COc1cc(OC)cc(C(=O)Nc2ccc3c(c2)CN(CCc2ccc(F)cc2)C(=O)C(C)O3)c1. The number of carbonyl (C=O) groups is 2. The Morgan fingerprint density at radius 1 is 1.06 bits per heavy atom. The Morgan fingerprint density at radius 3 is 2.40 bits per heavy atom. The number of rotatable bonds is 7. The Morgan fingerprint density at radius 2 is 1.74 bits per heavy atom. The number of methoxy groups -OCH3 is 2. The Labute approximate surface area is 203 Å². The average Bonchev–Trinajstić information content (AvgIpc) is 2.98. The summed E-state index contributed by atoms with van der Waals surface area (Å²) in [6, 6.07) is 16.5. The van der Waals surface area contributed by atoms with Crippen molar-refractivity contribution in [2.45, 2.75) is 26.0 Å². The second-order valence-corrected chi connectivity index (χ2v) is 8.27. The lowest BCUT2D eigenvalue weighted by Crippen LogP contribution is -2.39. The first-order chi connectivity index (χ1) is 16.9. The summed E-state index contributed by atoms with van der Waals surface area (Å²) >= 11 is 0. The van der Waals surface area contributed by atoms with Crippen molar-refractivity contribution in [2.24, 2.45) is 0 Å². The molecule has 0 aliphatic carbocycles. The molecule has 3 aromatic rings. The Kier molecular flexibility index (Phi) is 7.19. The largest absolute Gasteiger partial charge is 0.497 e. The maximum Gasteiger partial charge on any atom is 0.263 e. The van der Waals surface area contributed by atoms with Crippen molar-refractivity contribution in [3.8, 4) is 17.2 Å². The van der Waals surface area contributed by atoms with Gasteiger partial charge < -0.3 is 24.4 Å². The second kappa shape index (κ2) is 10.5. The Bertz CT molecular complexity index is 1210. The number of hydrogen-bond donors (Lipinski definition) is 1. The standard InChI is InChI=1S/C27H27FN2O5/c1-17-27(32)30(11-10-18-4-6-21(28)7-5-18)16-20-12-22(8-9-25(20)35-17)29-26(31)19-13-23(33-2)15-24(14-19)34-3/h4-9,12-15,17H,10-11,16H2,1-3H3,(H,29,31). The molecule has 1 aliphatic heterocycles. The van der Waals surface area contributed by atoms with Gasteiger partial charge in [0.25, 0.3) is 11.8 Å². The van der Waals surface area contributed by atoms with Crippen molar-refractivity contribution < 1.29 is 28.2 Å². The fourth-order valence-electron chi connectivity index (χ4n) is 3.92. The molecular weight excluding hydrogens is 451 g/mol. The van der Waals surface area contributed by atoms with Crippen molar-refractivity contribution in [1.82, 2.24) is 4.90 Å². The van der Waals surface area contributed by atoms with Gasteiger partial charge in [0.15, 0.2) is 6.10 Å². The third-order valence-electron chi connectivity index (χ3n) is 5.84. The molecule has 0 radical (unpaired) electrons. The molecule has 3 aromatic carbocycles. The topological polar surface area (TPSA) is 77.1 Å². The molecule has 0 saturated carbocycles. The summed E-state index contributed by atoms with van der Waals surface area (Å²) in [5.74, 6) is 0.864. The van der Waals surface area contributed by atoms with Crippen molar-refractivity contribution in [2.75, 3.05) is 26.1 Å². The maximum atomic E-state index is 13.2. The van der Waals surface area contributed by atoms with E-state index in [0.717, 1.165) is 11.1 Å². The number of amides is 2. The third-order valence-corrected chi connectivity index (χ3v) is 5.84.